The molecule has 3 aromatic rings. The average Bonchev–Trinajstić information content (AvgIpc) is 3.30. The Bertz CT molecular complexity index is 1650. The van der Waals surface area contributed by atoms with Crippen molar-refractivity contribution in [3.63, 3.8) is 0 Å². The molecule has 1 aliphatic rings. The monoisotopic (exact) mass is 673 g/mol. The third-order valence-electron chi connectivity index (χ3n) is 9.51. The molecule has 0 bridgehead atoms. The van der Waals surface area contributed by atoms with Gasteiger partial charge in [0.05, 0.1) is 18.6 Å². The number of methoxy groups -OCH3 is 1. The van der Waals surface area contributed by atoms with Gasteiger partial charge in [0.15, 0.2) is 0 Å². The Kier molecular flexibility index (Phi) is 11.0. The Morgan fingerprint density at radius 1 is 1.00 bits per heavy atom. The van der Waals surface area contributed by atoms with Gasteiger partial charge in [-0.2, -0.15) is 13.2 Å². The van der Waals surface area contributed by atoms with Crippen molar-refractivity contribution in [2.45, 2.75) is 117 Å². The second-order valence-corrected chi connectivity index (χ2v) is 15.2. The van der Waals surface area contributed by atoms with Crippen molar-refractivity contribution in [2.24, 2.45) is 22.5 Å². The molecule has 0 spiro atoms. The molecule has 0 amide bonds. The summed E-state index contributed by atoms with van der Waals surface area (Å²) in [7, 11) is 1.55. The van der Waals surface area contributed by atoms with Gasteiger partial charge < -0.3 is 24.4 Å². The van der Waals surface area contributed by atoms with Crippen LogP contribution in [0.5, 0.6) is 11.5 Å². The van der Waals surface area contributed by atoms with Crippen LogP contribution in [-0.2, 0) is 16.0 Å². The van der Waals surface area contributed by atoms with Crippen LogP contribution in [0.4, 0.5) is 13.2 Å². The quantitative estimate of drug-likeness (QED) is 0.116. The number of rotatable bonds is 12. The molecule has 7 nitrogen and oxygen atoms in total. The molecule has 264 valence electrons. The highest BCUT2D eigenvalue weighted by atomic mass is 19.4. The second kappa shape index (κ2) is 14.1. The first-order valence-electron chi connectivity index (χ1n) is 16.8. The average molecular weight is 674 g/mol. The van der Waals surface area contributed by atoms with Gasteiger partial charge in [0.2, 0.25) is 0 Å². The molecule has 1 aliphatic carbocycles. The van der Waals surface area contributed by atoms with Crippen molar-refractivity contribution < 1.29 is 36.6 Å². The number of fused-ring (bicyclic) bond motifs is 1. The summed E-state index contributed by atoms with van der Waals surface area (Å²) in [6, 6.07) is 12.0. The van der Waals surface area contributed by atoms with Gasteiger partial charge >= 0.3 is 17.8 Å². The summed E-state index contributed by atoms with van der Waals surface area (Å²) < 4.78 is 67.3. The lowest BCUT2D eigenvalue weighted by atomic mass is 9.76. The second-order valence-electron chi connectivity index (χ2n) is 15.2. The summed E-state index contributed by atoms with van der Waals surface area (Å²) in [6.07, 6.45) is -3.05. The van der Waals surface area contributed by atoms with Crippen molar-refractivity contribution in [1.29, 1.82) is 0 Å². The van der Waals surface area contributed by atoms with Gasteiger partial charge in [0.1, 0.15) is 34.7 Å². The smallest absolute Gasteiger partial charge is 0.401 e. The van der Waals surface area contributed by atoms with Crippen molar-refractivity contribution in [1.82, 2.24) is 0 Å². The summed E-state index contributed by atoms with van der Waals surface area (Å²) in [6.45, 7) is 12.4. The van der Waals surface area contributed by atoms with Crippen LogP contribution in [0, 0.1) is 16.7 Å². The van der Waals surface area contributed by atoms with Gasteiger partial charge in [0, 0.05) is 22.6 Å². The number of unbranched alkanes of at least 4 members (excludes halogenated alkanes) is 2. The highest BCUT2D eigenvalue weighted by molar-refractivity contribution is 5.84. The summed E-state index contributed by atoms with van der Waals surface area (Å²) in [5.74, 6) is -0.886. The largest absolute Gasteiger partial charge is 0.496 e. The minimum Gasteiger partial charge on any atom is -0.496 e. The van der Waals surface area contributed by atoms with Crippen molar-refractivity contribution in [3.05, 3.63) is 58.4 Å². The van der Waals surface area contributed by atoms with E-state index in [0.29, 0.717) is 28.7 Å². The van der Waals surface area contributed by atoms with E-state index in [1.807, 2.05) is 39.0 Å². The molecule has 0 saturated heterocycles. The number of carbonyl (C=O) groups is 1. The number of benzene rings is 2. The van der Waals surface area contributed by atoms with Crippen LogP contribution in [0.3, 0.4) is 0 Å². The molecule has 1 fully saturated rings. The van der Waals surface area contributed by atoms with E-state index in [2.05, 4.69) is 6.92 Å². The standard InChI is InChI=1S/C38H50F3NO6/c1-9-10-11-12-23-13-16-26(30(19-23)45-8)27-20-24-14-15-25(21-29(24)47-33(27)43)46-31-17-18-32(37(31,7)38(39,40)41)48-34(44)28(36(5,6)42)22-35(2,3)4/h13-16,19-21,28,31-32H,9-12,17-18,22,42H2,1-8H3. The molecule has 1 aromatic heterocycles. The molecule has 10 heteroatoms. The Hall–Kier alpha value is -3.53. The van der Waals surface area contributed by atoms with Crippen LogP contribution < -0.4 is 20.8 Å². The van der Waals surface area contributed by atoms with Crippen LogP contribution in [0.15, 0.2) is 51.7 Å². The van der Waals surface area contributed by atoms with Crippen LogP contribution in [0.2, 0.25) is 0 Å². The van der Waals surface area contributed by atoms with Crippen molar-refractivity contribution in [2.75, 3.05) is 7.11 Å². The predicted molar refractivity (Wildman–Crippen MR) is 181 cm³/mol. The number of esters is 1. The fraction of sp³-hybridized carbons (Fsp3) is 0.579. The van der Waals surface area contributed by atoms with Crippen LogP contribution >= 0.6 is 0 Å². The molecular formula is C38H50F3NO6. The maximum Gasteiger partial charge on any atom is 0.401 e. The van der Waals surface area contributed by atoms with Crippen LogP contribution in [-0.4, -0.2) is 37.0 Å². The lowest BCUT2D eigenvalue weighted by Gasteiger charge is -2.39. The Balaban J connectivity index is 1.59. The van der Waals surface area contributed by atoms with Gasteiger partial charge in [-0.25, -0.2) is 4.79 Å². The van der Waals surface area contributed by atoms with E-state index in [1.54, 1.807) is 39.2 Å². The first-order chi connectivity index (χ1) is 22.3. The maximum atomic E-state index is 14.8. The van der Waals surface area contributed by atoms with E-state index in [4.69, 9.17) is 24.4 Å². The molecule has 1 saturated carbocycles. The summed E-state index contributed by atoms with van der Waals surface area (Å²) in [5, 5.41) is 0.567. The number of nitrogens with two attached hydrogens (primary N) is 1. The van der Waals surface area contributed by atoms with Crippen LogP contribution in [0.25, 0.3) is 22.1 Å². The van der Waals surface area contributed by atoms with Gasteiger partial charge in [0.25, 0.3) is 0 Å². The molecule has 48 heavy (non-hydrogen) atoms. The molecule has 4 rings (SSSR count). The normalized spacial score (nSPS) is 20.9. The first kappa shape index (κ1) is 37.3. The fourth-order valence-corrected chi connectivity index (χ4v) is 6.53. The number of carbonyl (C=O) groups excluding carboxylic acids is 1. The van der Waals surface area contributed by atoms with Crippen LogP contribution in [0.1, 0.15) is 92.6 Å². The van der Waals surface area contributed by atoms with E-state index >= 15 is 0 Å². The first-order valence-corrected chi connectivity index (χ1v) is 16.8. The van der Waals surface area contributed by atoms with E-state index in [-0.39, 0.29) is 29.6 Å². The Morgan fingerprint density at radius 2 is 1.69 bits per heavy atom. The van der Waals surface area contributed by atoms with Gasteiger partial charge in [-0.1, -0.05) is 52.7 Å². The van der Waals surface area contributed by atoms with Gasteiger partial charge in [-0.3, -0.25) is 4.79 Å². The Morgan fingerprint density at radius 3 is 2.29 bits per heavy atom. The summed E-state index contributed by atoms with van der Waals surface area (Å²) in [5.41, 5.74) is 4.07. The van der Waals surface area contributed by atoms with Gasteiger partial charge in [-0.05, 0) is 88.1 Å². The number of halogens is 3. The molecule has 1 heterocycles. The number of aryl methyl sites for hydroxylation is 1. The fourth-order valence-electron chi connectivity index (χ4n) is 6.53. The topological polar surface area (TPSA) is 101 Å². The zero-order chi connectivity index (χ0) is 35.7. The highest BCUT2D eigenvalue weighted by Gasteiger charge is 2.66. The molecule has 2 N–H and O–H groups in total. The lowest BCUT2D eigenvalue weighted by Crippen LogP contribution is -2.53. The lowest BCUT2D eigenvalue weighted by molar-refractivity contribution is -0.264. The summed E-state index contributed by atoms with van der Waals surface area (Å²) >= 11 is 0. The van der Waals surface area contributed by atoms with Gasteiger partial charge in [-0.15, -0.1) is 0 Å². The van der Waals surface area contributed by atoms with Crippen molar-refractivity contribution in [3.8, 4) is 22.6 Å². The molecular weight excluding hydrogens is 623 g/mol. The third-order valence-corrected chi connectivity index (χ3v) is 9.51. The maximum absolute atomic E-state index is 14.8. The minimum atomic E-state index is -4.75. The number of hydrogen-bond acceptors (Lipinski definition) is 7. The molecule has 2 aromatic carbocycles. The molecule has 4 unspecified atom stereocenters. The van der Waals surface area contributed by atoms with E-state index in [0.717, 1.165) is 38.2 Å². The van der Waals surface area contributed by atoms with E-state index in [1.165, 1.54) is 6.07 Å². The SMILES string of the molecule is CCCCCc1ccc(-c2cc3ccc(OC4CCC(OC(=O)C(CC(C)(C)C)C(C)(C)N)C4(C)C(F)(F)F)cc3oc2=O)c(OC)c1. The minimum absolute atomic E-state index is 0.000923. The zero-order valence-corrected chi connectivity index (χ0v) is 29.4. The van der Waals surface area contributed by atoms with Crippen molar-refractivity contribution >= 4 is 16.9 Å². The van der Waals surface area contributed by atoms with E-state index < -0.39 is 46.9 Å². The number of hydrogen-bond donors (Lipinski definition) is 1. The zero-order valence-electron chi connectivity index (χ0n) is 29.4. The molecule has 4 atom stereocenters. The Labute approximate surface area is 281 Å². The third kappa shape index (κ3) is 8.18. The van der Waals surface area contributed by atoms with E-state index in [9.17, 15) is 22.8 Å². The highest BCUT2D eigenvalue weighted by Crippen LogP contribution is 2.53. The molecule has 0 aliphatic heterocycles. The summed E-state index contributed by atoms with van der Waals surface area (Å²) in [4.78, 5) is 26.5. The number of alkyl halides is 3. The predicted octanol–water partition coefficient (Wildman–Crippen LogP) is 9.01. The number of ether oxygens (including phenoxy) is 3. The molecule has 0 radical (unpaired) electrons.